The summed E-state index contributed by atoms with van der Waals surface area (Å²) in [6.07, 6.45) is 2.95. The molecule has 0 unspecified atom stereocenters. The van der Waals surface area contributed by atoms with Gasteiger partial charge >= 0.3 is 0 Å². The Bertz CT molecular complexity index is 649. The largest absolute Gasteiger partial charge is 0.368 e. The van der Waals surface area contributed by atoms with E-state index in [2.05, 4.69) is 60.2 Å². The first-order chi connectivity index (χ1) is 11.0. The van der Waals surface area contributed by atoms with Crippen LogP contribution in [0, 0.1) is 0 Å². The summed E-state index contributed by atoms with van der Waals surface area (Å²) in [6.45, 7) is 9.81. The first-order valence-corrected chi connectivity index (χ1v) is 8.03. The van der Waals surface area contributed by atoms with Crippen molar-refractivity contribution in [2.45, 2.75) is 26.2 Å². The molecule has 0 bridgehead atoms. The number of para-hydroxylation sites is 1. The maximum Gasteiger partial charge on any atom is 0.274 e. The van der Waals surface area contributed by atoms with Crippen LogP contribution in [0.5, 0.6) is 0 Å². The molecule has 1 radical (unpaired) electrons. The van der Waals surface area contributed by atoms with Crippen LogP contribution in [-0.4, -0.2) is 43.3 Å². The number of piperazine rings is 1. The van der Waals surface area contributed by atoms with E-state index in [-0.39, 0.29) is 11.3 Å². The number of hydrogen-bond donors (Lipinski definition) is 0. The third kappa shape index (κ3) is 3.23. The number of rotatable bonds is 2. The van der Waals surface area contributed by atoms with Gasteiger partial charge in [-0.15, -0.1) is 0 Å². The molecule has 0 spiro atoms. The fourth-order valence-corrected chi connectivity index (χ4v) is 3.04. The summed E-state index contributed by atoms with van der Waals surface area (Å²) in [6, 6.07) is 8.56. The molecule has 23 heavy (non-hydrogen) atoms. The molecule has 0 atom stereocenters. The third-order valence-electron chi connectivity index (χ3n) is 4.30. The Morgan fingerprint density at radius 3 is 2.39 bits per heavy atom. The van der Waals surface area contributed by atoms with Crippen molar-refractivity contribution in [1.29, 1.82) is 0 Å². The molecule has 3 rings (SSSR count). The normalized spacial score (nSPS) is 18.0. The summed E-state index contributed by atoms with van der Waals surface area (Å²) in [5, 5.41) is 3.87. The van der Waals surface area contributed by atoms with Crippen molar-refractivity contribution >= 4 is 17.9 Å². The molecule has 1 saturated heterocycles. The van der Waals surface area contributed by atoms with Gasteiger partial charge in [-0.05, 0) is 17.0 Å². The van der Waals surface area contributed by atoms with Gasteiger partial charge in [-0.2, -0.15) is 0 Å². The zero-order valence-electron chi connectivity index (χ0n) is 14.0. The summed E-state index contributed by atoms with van der Waals surface area (Å²) >= 11 is 0. The molecule has 0 aromatic heterocycles. The molecule has 1 amide bonds. The van der Waals surface area contributed by atoms with Crippen LogP contribution in [0.1, 0.15) is 26.3 Å². The molecule has 1 aromatic carbocycles. The zero-order chi connectivity index (χ0) is 16.4. The van der Waals surface area contributed by atoms with Crippen LogP contribution >= 0.6 is 0 Å². The third-order valence-corrected chi connectivity index (χ3v) is 4.30. The van der Waals surface area contributed by atoms with Crippen LogP contribution in [0.3, 0.4) is 0 Å². The van der Waals surface area contributed by atoms with Crippen LogP contribution in [0.4, 0.5) is 5.69 Å². The van der Waals surface area contributed by atoms with Gasteiger partial charge < -0.3 is 9.80 Å². The van der Waals surface area contributed by atoms with Crippen molar-refractivity contribution in [3.8, 4) is 0 Å². The predicted octanol–water partition coefficient (Wildman–Crippen LogP) is 2.12. The average Bonchev–Trinajstić information content (AvgIpc) is 3.08. The molecule has 2 aliphatic heterocycles. The van der Waals surface area contributed by atoms with Gasteiger partial charge in [-0.25, -0.2) is 10.3 Å². The lowest BCUT2D eigenvalue weighted by Crippen LogP contribution is -2.49. The lowest BCUT2D eigenvalue weighted by molar-refractivity contribution is -0.127. The van der Waals surface area contributed by atoms with E-state index in [4.69, 9.17) is 0 Å². The fraction of sp³-hybridized carbons (Fsp3) is 0.444. The molecule has 0 N–H and O–H groups in total. The molecular weight excluding hydrogens is 288 g/mol. The van der Waals surface area contributed by atoms with Gasteiger partial charge in [-0.1, -0.05) is 39.0 Å². The number of aliphatic imine (C=N–C) groups is 1. The van der Waals surface area contributed by atoms with E-state index in [0.717, 1.165) is 13.1 Å². The Hall–Kier alpha value is -2.30. The second-order valence-electron chi connectivity index (χ2n) is 6.95. The van der Waals surface area contributed by atoms with Gasteiger partial charge in [0.25, 0.3) is 5.91 Å². The number of amides is 1. The molecule has 121 valence electrons. The van der Waals surface area contributed by atoms with Crippen molar-refractivity contribution in [2.24, 2.45) is 4.99 Å². The molecule has 0 aliphatic carbocycles. The minimum Gasteiger partial charge on any atom is -0.368 e. The molecule has 0 saturated carbocycles. The second-order valence-corrected chi connectivity index (χ2v) is 6.95. The van der Waals surface area contributed by atoms with Gasteiger partial charge in [0.1, 0.15) is 12.0 Å². The highest BCUT2D eigenvalue weighted by Crippen LogP contribution is 2.32. The van der Waals surface area contributed by atoms with Crippen molar-refractivity contribution in [2.75, 3.05) is 31.1 Å². The van der Waals surface area contributed by atoms with Crippen LogP contribution in [0.2, 0.25) is 0 Å². The summed E-state index contributed by atoms with van der Waals surface area (Å²) in [7, 11) is 0. The highest BCUT2D eigenvalue weighted by molar-refractivity contribution is 5.96. The smallest absolute Gasteiger partial charge is 0.274 e. The highest BCUT2D eigenvalue weighted by atomic mass is 16.2. The maximum atomic E-state index is 12.3. The van der Waals surface area contributed by atoms with E-state index >= 15 is 0 Å². The van der Waals surface area contributed by atoms with Crippen molar-refractivity contribution in [3.05, 3.63) is 41.7 Å². The monoisotopic (exact) mass is 311 g/mol. The minimum atomic E-state index is -0.0220. The number of nitrogens with zero attached hydrogens (tertiary/aromatic N) is 4. The van der Waals surface area contributed by atoms with Crippen LogP contribution in [-0.2, 0) is 10.2 Å². The Kier molecular flexibility index (Phi) is 4.11. The first-order valence-electron chi connectivity index (χ1n) is 8.03. The number of hydrogen-bond acceptors (Lipinski definition) is 3. The maximum absolute atomic E-state index is 12.3. The molecule has 2 aliphatic rings. The van der Waals surface area contributed by atoms with Gasteiger partial charge in [-0.3, -0.25) is 4.79 Å². The summed E-state index contributed by atoms with van der Waals surface area (Å²) in [4.78, 5) is 20.6. The minimum absolute atomic E-state index is 0.0220. The molecule has 5 nitrogen and oxygen atoms in total. The molecule has 5 heteroatoms. The quantitative estimate of drug-likeness (QED) is 0.840. The van der Waals surface area contributed by atoms with E-state index in [9.17, 15) is 4.79 Å². The van der Waals surface area contributed by atoms with E-state index in [0.29, 0.717) is 18.8 Å². The molecular formula is C18H23N4O. The predicted molar refractivity (Wildman–Crippen MR) is 92.6 cm³/mol. The fourth-order valence-electron chi connectivity index (χ4n) is 3.04. The van der Waals surface area contributed by atoms with E-state index < -0.39 is 0 Å². The molecule has 1 fully saturated rings. The topological polar surface area (TPSA) is 50.0 Å². The zero-order valence-corrected chi connectivity index (χ0v) is 14.0. The average molecular weight is 311 g/mol. The van der Waals surface area contributed by atoms with Crippen molar-refractivity contribution in [1.82, 2.24) is 10.2 Å². The number of carbonyl (C=O) groups is 1. The lowest BCUT2D eigenvalue weighted by Gasteiger charge is -2.38. The van der Waals surface area contributed by atoms with Crippen molar-refractivity contribution < 1.29 is 4.79 Å². The SMILES string of the molecule is CC(C)(C)c1ccccc1N1CCN(C(=O)C2=C[N]C=N2)CC1. The number of carbonyl (C=O) groups excluding carboxylic acids is 1. The van der Waals surface area contributed by atoms with Crippen LogP contribution in [0.15, 0.2) is 41.2 Å². The van der Waals surface area contributed by atoms with Crippen molar-refractivity contribution in [3.63, 3.8) is 0 Å². The standard InChI is InChI=1S/C18H23N4O/c1-18(2,3)14-6-4-5-7-16(14)21-8-10-22(11-9-21)17(23)15-12-19-13-20-15/h4-7,12-13H,8-11H2,1-3H3. The van der Waals surface area contributed by atoms with E-state index in [1.807, 2.05) is 4.90 Å². The van der Waals surface area contributed by atoms with Gasteiger partial charge in [0.2, 0.25) is 0 Å². The summed E-state index contributed by atoms with van der Waals surface area (Å²) < 4.78 is 0. The first kappa shape index (κ1) is 15.6. The van der Waals surface area contributed by atoms with Gasteiger partial charge in [0, 0.05) is 31.9 Å². The Morgan fingerprint density at radius 2 is 1.78 bits per heavy atom. The Labute approximate surface area is 137 Å². The highest BCUT2D eigenvalue weighted by Gasteiger charge is 2.27. The second kappa shape index (κ2) is 6.07. The molecule has 2 heterocycles. The van der Waals surface area contributed by atoms with Gasteiger partial charge in [0.15, 0.2) is 0 Å². The van der Waals surface area contributed by atoms with Crippen LogP contribution < -0.4 is 10.2 Å². The van der Waals surface area contributed by atoms with Crippen LogP contribution in [0.25, 0.3) is 0 Å². The summed E-state index contributed by atoms with van der Waals surface area (Å²) in [5.41, 5.74) is 3.17. The summed E-state index contributed by atoms with van der Waals surface area (Å²) in [5.74, 6) is -0.0220. The molecule has 1 aromatic rings. The Balaban J connectivity index is 1.70. The van der Waals surface area contributed by atoms with E-state index in [1.54, 1.807) is 0 Å². The van der Waals surface area contributed by atoms with E-state index in [1.165, 1.54) is 23.8 Å². The number of anilines is 1. The van der Waals surface area contributed by atoms with Gasteiger partial charge in [0.05, 0.1) is 6.20 Å². The Morgan fingerprint density at radius 1 is 1.09 bits per heavy atom. The lowest BCUT2D eigenvalue weighted by atomic mass is 9.85. The number of benzene rings is 1.